The summed E-state index contributed by atoms with van der Waals surface area (Å²) >= 11 is 3.20. The van der Waals surface area contributed by atoms with Crippen LogP contribution in [-0.4, -0.2) is 35.3 Å². The van der Waals surface area contributed by atoms with E-state index in [2.05, 4.69) is 27.5 Å². The van der Waals surface area contributed by atoms with Crippen LogP contribution >= 0.6 is 15.9 Å². The second-order valence-corrected chi connectivity index (χ2v) is 4.10. The molecule has 0 spiro atoms. The Hall–Kier alpha value is -1.89. The number of aliphatic carboxylic acids is 1. The number of carbonyl (C=O) groups is 2. The number of nitrogens with zero attached hydrogens (tertiary/aromatic N) is 2. The van der Waals surface area contributed by atoms with Gasteiger partial charge in [-0.15, -0.1) is 0 Å². The standard InChI is InChI=1S/C11H11BrN2O4/c1-2-5-18-11(17)14(7-10(15)16)9-4-3-8(12)6-13-9/h2-4,6H,1,5,7H2,(H,15,16). The lowest BCUT2D eigenvalue weighted by Gasteiger charge is -2.18. The van der Waals surface area contributed by atoms with E-state index in [0.717, 1.165) is 9.37 Å². The van der Waals surface area contributed by atoms with Gasteiger partial charge in [0.15, 0.2) is 0 Å². The monoisotopic (exact) mass is 314 g/mol. The fourth-order valence-corrected chi connectivity index (χ4v) is 1.34. The molecule has 1 heterocycles. The normalized spacial score (nSPS) is 9.61. The van der Waals surface area contributed by atoms with Gasteiger partial charge in [0.25, 0.3) is 0 Å². The van der Waals surface area contributed by atoms with Crippen LogP contribution in [0, 0.1) is 0 Å². The first kappa shape index (κ1) is 14.2. The number of ether oxygens (including phenoxy) is 1. The van der Waals surface area contributed by atoms with Crippen molar-refractivity contribution in [3.63, 3.8) is 0 Å². The highest BCUT2D eigenvalue weighted by molar-refractivity contribution is 9.10. The van der Waals surface area contributed by atoms with Crippen molar-refractivity contribution in [2.24, 2.45) is 0 Å². The first-order valence-electron chi connectivity index (χ1n) is 4.93. The van der Waals surface area contributed by atoms with Crippen LogP contribution in [0.3, 0.4) is 0 Å². The van der Waals surface area contributed by atoms with Gasteiger partial charge in [-0.1, -0.05) is 12.7 Å². The van der Waals surface area contributed by atoms with Crippen LogP contribution in [0.25, 0.3) is 0 Å². The number of halogens is 1. The van der Waals surface area contributed by atoms with Gasteiger partial charge in [0, 0.05) is 10.7 Å². The average molecular weight is 315 g/mol. The third-order valence-corrected chi connectivity index (χ3v) is 2.30. The summed E-state index contributed by atoms with van der Waals surface area (Å²) < 4.78 is 5.52. The average Bonchev–Trinajstić information content (AvgIpc) is 2.34. The van der Waals surface area contributed by atoms with Crippen LogP contribution in [-0.2, 0) is 9.53 Å². The second kappa shape index (κ2) is 6.75. The van der Waals surface area contributed by atoms with Crippen molar-refractivity contribution in [2.45, 2.75) is 0 Å². The van der Waals surface area contributed by atoms with E-state index in [9.17, 15) is 9.59 Å². The van der Waals surface area contributed by atoms with E-state index in [0.29, 0.717) is 0 Å². The van der Waals surface area contributed by atoms with Gasteiger partial charge >= 0.3 is 12.1 Å². The molecule has 0 aliphatic rings. The van der Waals surface area contributed by atoms with Crippen molar-refractivity contribution >= 4 is 33.8 Å². The maximum atomic E-state index is 11.7. The SMILES string of the molecule is C=CCOC(=O)N(CC(=O)O)c1ccc(Br)cn1. The summed E-state index contributed by atoms with van der Waals surface area (Å²) in [6.07, 6.45) is 2.07. The Balaban J connectivity index is 2.89. The van der Waals surface area contributed by atoms with Gasteiger partial charge in [-0.25, -0.2) is 9.78 Å². The molecule has 0 saturated heterocycles. The Morgan fingerprint density at radius 1 is 1.56 bits per heavy atom. The predicted octanol–water partition coefficient (Wildman–Crippen LogP) is 2.06. The number of aromatic nitrogens is 1. The molecule has 7 heteroatoms. The zero-order valence-electron chi connectivity index (χ0n) is 9.38. The third kappa shape index (κ3) is 4.17. The lowest BCUT2D eigenvalue weighted by Crippen LogP contribution is -2.36. The molecule has 96 valence electrons. The van der Waals surface area contributed by atoms with Gasteiger partial charge in [0.05, 0.1) is 0 Å². The van der Waals surface area contributed by atoms with Crippen LogP contribution in [0.15, 0.2) is 35.5 Å². The molecule has 1 N–H and O–H groups in total. The number of rotatable bonds is 5. The van der Waals surface area contributed by atoms with Crippen molar-refractivity contribution in [3.05, 3.63) is 35.5 Å². The van der Waals surface area contributed by atoms with Crippen LogP contribution in [0.4, 0.5) is 10.6 Å². The lowest BCUT2D eigenvalue weighted by atomic mass is 10.4. The van der Waals surface area contributed by atoms with E-state index in [1.165, 1.54) is 18.3 Å². The van der Waals surface area contributed by atoms with Gasteiger partial charge in [0.1, 0.15) is 19.0 Å². The number of carboxylic acids is 1. The minimum Gasteiger partial charge on any atom is -0.480 e. The quantitative estimate of drug-likeness (QED) is 0.841. The van der Waals surface area contributed by atoms with Gasteiger partial charge in [-0.05, 0) is 28.1 Å². The molecular formula is C11H11BrN2O4. The molecule has 0 bridgehead atoms. The number of anilines is 1. The van der Waals surface area contributed by atoms with E-state index in [4.69, 9.17) is 9.84 Å². The largest absolute Gasteiger partial charge is 0.480 e. The number of hydrogen-bond donors (Lipinski definition) is 1. The highest BCUT2D eigenvalue weighted by Crippen LogP contribution is 2.15. The fraction of sp³-hybridized carbons (Fsp3) is 0.182. The first-order valence-corrected chi connectivity index (χ1v) is 5.72. The second-order valence-electron chi connectivity index (χ2n) is 3.18. The molecule has 0 aromatic carbocycles. The lowest BCUT2D eigenvalue weighted by molar-refractivity contribution is -0.135. The Kier molecular flexibility index (Phi) is 5.31. The van der Waals surface area contributed by atoms with Crippen LogP contribution in [0.2, 0.25) is 0 Å². The number of carbonyl (C=O) groups excluding carboxylic acids is 1. The first-order chi connectivity index (χ1) is 8.54. The molecule has 1 aromatic rings. The minimum atomic E-state index is -1.16. The van der Waals surface area contributed by atoms with Crippen LogP contribution < -0.4 is 4.90 Å². The highest BCUT2D eigenvalue weighted by atomic mass is 79.9. The van der Waals surface area contributed by atoms with E-state index >= 15 is 0 Å². The summed E-state index contributed by atoms with van der Waals surface area (Å²) in [5.74, 6) is -0.954. The molecule has 1 amide bonds. The Labute approximate surface area is 112 Å². The van der Waals surface area contributed by atoms with Gasteiger partial charge in [-0.2, -0.15) is 0 Å². The molecule has 0 radical (unpaired) electrons. The molecule has 0 saturated carbocycles. The van der Waals surface area contributed by atoms with E-state index < -0.39 is 18.6 Å². The Morgan fingerprint density at radius 2 is 2.28 bits per heavy atom. The zero-order chi connectivity index (χ0) is 13.5. The van der Waals surface area contributed by atoms with Crippen molar-refractivity contribution in [2.75, 3.05) is 18.1 Å². The topological polar surface area (TPSA) is 79.7 Å². The van der Waals surface area contributed by atoms with Crippen LogP contribution in [0.5, 0.6) is 0 Å². The number of amides is 1. The zero-order valence-corrected chi connectivity index (χ0v) is 11.0. The molecule has 6 nitrogen and oxygen atoms in total. The van der Waals surface area contributed by atoms with E-state index in [1.807, 2.05) is 0 Å². The minimum absolute atomic E-state index is 0.00544. The third-order valence-electron chi connectivity index (χ3n) is 1.83. The van der Waals surface area contributed by atoms with Crippen molar-refractivity contribution in [3.8, 4) is 0 Å². The molecule has 0 atom stereocenters. The number of hydrogen-bond acceptors (Lipinski definition) is 4. The maximum Gasteiger partial charge on any atom is 0.416 e. The molecular weight excluding hydrogens is 304 g/mol. The molecule has 0 fully saturated rings. The predicted molar refractivity (Wildman–Crippen MR) is 68.5 cm³/mol. The molecule has 1 rings (SSSR count). The van der Waals surface area contributed by atoms with E-state index in [1.54, 1.807) is 6.07 Å². The van der Waals surface area contributed by atoms with Gasteiger partial charge < -0.3 is 9.84 Å². The Bertz CT molecular complexity index is 447. The summed E-state index contributed by atoms with van der Waals surface area (Å²) in [4.78, 5) is 27.3. The molecule has 1 aromatic heterocycles. The summed E-state index contributed by atoms with van der Waals surface area (Å²) in [5, 5.41) is 8.77. The smallest absolute Gasteiger partial charge is 0.416 e. The number of carboxylic acid groups (broad SMARTS) is 1. The maximum absolute atomic E-state index is 11.7. The Morgan fingerprint density at radius 3 is 2.78 bits per heavy atom. The molecule has 0 aliphatic carbocycles. The molecule has 0 aliphatic heterocycles. The van der Waals surface area contributed by atoms with Gasteiger partial charge in [-0.3, -0.25) is 9.69 Å². The fourth-order valence-electron chi connectivity index (χ4n) is 1.11. The van der Waals surface area contributed by atoms with Crippen LogP contribution in [0.1, 0.15) is 0 Å². The number of pyridine rings is 1. The summed E-state index contributed by atoms with van der Waals surface area (Å²) in [7, 11) is 0. The van der Waals surface area contributed by atoms with Gasteiger partial charge in [0.2, 0.25) is 0 Å². The summed E-state index contributed by atoms with van der Waals surface area (Å²) in [6.45, 7) is 2.89. The van der Waals surface area contributed by atoms with Crippen molar-refractivity contribution < 1.29 is 19.4 Å². The summed E-state index contributed by atoms with van der Waals surface area (Å²) in [5.41, 5.74) is 0. The molecule has 0 unspecified atom stereocenters. The van der Waals surface area contributed by atoms with E-state index in [-0.39, 0.29) is 12.4 Å². The van der Waals surface area contributed by atoms with Crippen molar-refractivity contribution in [1.29, 1.82) is 0 Å². The summed E-state index contributed by atoms with van der Waals surface area (Å²) in [6, 6.07) is 3.17. The molecule has 18 heavy (non-hydrogen) atoms. The highest BCUT2D eigenvalue weighted by Gasteiger charge is 2.21. The van der Waals surface area contributed by atoms with Crippen molar-refractivity contribution in [1.82, 2.24) is 4.98 Å².